The van der Waals surface area contributed by atoms with Gasteiger partial charge in [0.1, 0.15) is 4.90 Å². The van der Waals surface area contributed by atoms with Crippen LogP contribution < -0.4 is 4.72 Å². The van der Waals surface area contributed by atoms with Crippen molar-refractivity contribution < 1.29 is 18.3 Å². The highest BCUT2D eigenvalue weighted by Gasteiger charge is 2.14. The number of rotatable bonds is 5. The number of nitrogens with zero attached hydrogens (tertiary/aromatic N) is 1. The number of nitrogens with one attached hydrogen (secondary N) is 1. The van der Waals surface area contributed by atoms with Crippen LogP contribution in [-0.4, -0.2) is 24.5 Å². The number of para-hydroxylation sites is 1. The van der Waals surface area contributed by atoms with Gasteiger partial charge in [-0.3, -0.25) is 9.71 Å². The molecular formula is C14H12N2O4S. The molecule has 0 amide bonds. The number of benzene rings is 1. The number of pyridine rings is 1. The SMILES string of the molecule is O=C(O)C=Cc1cncc(S(=O)(=O)Nc2ccccc2)c1. The average Bonchev–Trinajstić information content (AvgIpc) is 2.46. The molecule has 1 heterocycles. The van der Waals surface area contributed by atoms with Crippen molar-refractivity contribution in [2.24, 2.45) is 0 Å². The van der Waals surface area contributed by atoms with Gasteiger partial charge < -0.3 is 5.11 Å². The van der Waals surface area contributed by atoms with Crippen molar-refractivity contribution in [3.8, 4) is 0 Å². The third-order valence-corrected chi connectivity index (χ3v) is 3.84. The van der Waals surface area contributed by atoms with E-state index in [1.165, 1.54) is 24.5 Å². The molecule has 21 heavy (non-hydrogen) atoms. The zero-order chi connectivity index (χ0) is 15.3. The molecule has 7 heteroatoms. The molecule has 0 unspecified atom stereocenters. The summed E-state index contributed by atoms with van der Waals surface area (Å²) in [5, 5.41) is 8.56. The van der Waals surface area contributed by atoms with Crippen molar-refractivity contribution in [2.45, 2.75) is 4.90 Å². The quantitative estimate of drug-likeness (QED) is 0.823. The zero-order valence-corrected chi connectivity index (χ0v) is 11.6. The molecule has 6 nitrogen and oxygen atoms in total. The largest absolute Gasteiger partial charge is 0.478 e. The normalized spacial score (nSPS) is 11.4. The summed E-state index contributed by atoms with van der Waals surface area (Å²) in [5.74, 6) is -1.12. The Bertz CT molecular complexity index is 771. The van der Waals surface area contributed by atoms with Crippen molar-refractivity contribution in [3.05, 3.63) is 60.4 Å². The maximum absolute atomic E-state index is 12.2. The Hall–Kier alpha value is -2.67. The Morgan fingerprint density at radius 1 is 1.19 bits per heavy atom. The fourth-order valence-corrected chi connectivity index (χ4v) is 2.62. The fraction of sp³-hybridized carbons (Fsp3) is 0. The number of hydrogen-bond acceptors (Lipinski definition) is 4. The minimum Gasteiger partial charge on any atom is -0.478 e. The van der Waals surface area contributed by atoms with E-state index in [0.29, 0.717) is 11.3 Å². The number of carbonyl (C=O) groups is 1. The Kier molecular flexibility index (Phi) is 4.34. The summed E-state index contributed by atoms with van der Waals surface area (Å²) in [7, 11) is -3.77. The van der Waals surface area contributed by atoms with Crippen molar-refractivity contribution in [2.75, 3.05) is 4.72 Å². The van der Waals surface area contributed by atoms with Gasteiger partial charge in [-0.1, -0.05) is 18.2 Å². The van der Waals surface area contributed by atoms with Crippen LogP contribution in [0.2, 0.25) is 0 Å². The third kappa shape index (κ3) is 4.15. The van der Waals surface area contributed by atoms with Gasteiger partial charge in [0.15, 0.2) is 0 Å². The molecule has 0 spiro atoms. The first kappa shape index (κ1) is 14.7. The van der Waals surface area contributed by atoms with Gasteiger partial charge in [-0.05, 0) is 29.8 Å². The number of carboxylic acids is 1. The molecule has 0 aliphatic heterocycles. The Morgan fingerprint density at radius 2 is 1.90 bits per heavy atom. The van der Waals surface area contributed by atoms with Gasteiger partial charge in [-0.2, -0.15) is 0 Å². The summed E-state index contributed by atoms with van der Waals surface area (Å²) in [6.45, 7) is 0. The minimum atomic E-state index is -3.77. The predicted octanol–water partition coefficient (Wildman–Crippen LogP) is 1.98. The van der Waals surface area contributed by atoms with E-state index in [4.69, 9.17) is 5.11 Å². The van der Waals surface area contributed by atoms with Gasteiger partial charge in [0, 0.05) is 24.2 Å². The highest BCUT2D eigenvalue weighted by atomic mass is 32.2. The number of sulfonamides is 1. The second kappa shape index (κ2) is 6.19. The van der Waals surface area contributed by atoms with Crippen molar-refractivity contribution >= 4 is 27.8 Å². The Morgan fingerprint density at radius 3 is 2.57 bits per heavy atom. The van der Waals surface area contributed by atoms with Crippen LogP contribution in [0.5, 0.6) is 0 Å². The van der Waals surface area contributed by atoms with E-state index < -0.39 is 16.0 Å². The van der Waals surface area contributed by atoms with Crippen molar-refractivity contribution in [3.63, 3.8) is 0 Å². The maximum atomic E-state index is 12.2. The summed E-state index contributed by atoms with van der Waals surface area (Å²) in [6.07, 6.45) is 4.76. The molecule has 0 saturated carbocycles. The zero-order valence-electron chi connectivity index (χ0n) is 10.8. The maximum Gasteiger partial charge on any atom is 0.328 e. The lowest BCUT2D eigenvalue weighted by molar-refractivity contribution is -0.131. The number of anilines is 1. The summed E-state index contributed by atoms with van der Waals surface area (Å²) < 4.78 is 26.8. The molecule has 2 rings (SSSR count). The molecule has 0 aliphatic rings. The van der Waals surface area contributed by atoms with Crippen LogP contribution in [-0.2, 0) is 14.8 Å². The van der Waals surface area contributed by atoms with Gasteiger partial charge in [0.2, 0.25) is 0 Å². The van der Waals surface area contributed by atoms with Crippen molar-refractivity contribution in [1.29, 1.82) is 0 Å². The van der Waals surface area contributed by atoms with Crippen LogP contribution in [0.15, 0.2) is 59.8 Å². The lowest BCUT2D eigenvalue weighted by atomic mass is 10.2. The molecule has 1 aromatic heterocycles. The van der Waals surface area contributed by atoms with E-state index >= 15 is 0 Å². The summed E-state index contributed by atoms with van der Waals surface area (Å²) in [6, 6.07) is 9.79. The van der Waals surface area contributed by atoms with Crippen LogP contribution in [0.3, 0.4) is 0 Å². The van der Waals surface area contributed by atoms with Gasteiger partial charge in [-0.15, -0.1) is 0 Å². The van der Waals surface area contributed by atoms with Crippen LogP contribution in [0.25, 0.3) is 6.08 Å². The Labute approximate surface area is 121 Å². The second-order valence-corrected chi connectivity index (χ2v) is 5.78. The minimum absolute atomic E-state index is 0.0427. The predicted molar refractivity (Wildman–Crippen MR) is 78.2 cm³/mol. The lowest BCUT2D eigenvalue weighted by Crippen LogP contribution is -2.13. The first-order valence-corrected chi connectivity index (χ1v) is 7.39. The number of carboxylic acid groups (broad SMARTS) is 1. The van der Waals surface area contributed by atoms with Gasteiger partial charge in [-0.25, -0.2) is 13.2 Å². The van der Waals surface area contributed by atoms with Gasteiger partial charge >= 0.3 is 5.97 Å². The first-order valence-electron chi connectivity index (χ1n) is 5.91. The average molecular weight is 304 g/mol. The molecule has 0 fully saturated rings. The third-order valence-electron chi connectivity index (χ3n) is 2.49. The summed E-state index contributed by atoms with van der Waals surface area (Å²) in [5.41, 5.74) is 0.817. The first-order chi connectivity index (χ1) is 9.97. The lowest BCUT2D eigenvalue weighted by Gasteiger charge is -2.07. The second-order valence-electron chi connectivity index (χ2n) is 4.10. The highest BCUT2D eigenvalue weighted by molar-refractivity contribution is 7.92. The van der Waals surface area contributed by atoms with E-state index in [9.17, 15) is 13.2 Å². The van der Waals surface area contributed by atoms with E-state index in [0.717, 1.165) is 6.08 Å². The van der Waals surface area contributed by atoms with E-state index in [-0.39, 0.29) is 4.90 Å². The Balaban J connectivity index is 2.28. The molecule has 2 N–H and O–H groups in total. The van der Waals surface area contributed by atoms with E-state index in [1.54, 1.807) is 30.3 Å². The fourth-order valence-electron chi connectivity index (χ4n) is 1.56. The number of aliphatic carboxylic acids is 1. The van der Waals surface area contributed by atoms with E-state index in [2.05, 4.69) is 9.71 Å². The molecule has 1 aromatic carbocycles. The molecule has 108 valence electrons. The van der Waals surface area contributed by atoms with Gasteiger partial charge in [0.25, 0.3) is 10.0 Å². The molecule has 0 atom stereocenters. The highest BCUT2D eigenvalue weighted by Crippen LogP contribution is 2.16. The topological polar surface area (TPSA) is 96.4 Å². The van der Waals surface area contributed by atoms with Crippen LogP contribution in [0.1, 0.15) is 5.56 Å². The monoisotopic (exact) mass is 304 g/mol. The molecule has 2 aromatic rings. The molecular weight excluding hydrogens is 292 g/mol. The van der Waals surface area contributed by atoms with Crippen LogP contribution in [0, 0.1) is 0 Å². The number of hydrogen-bond donors (Lipinski definition) is 2. The smallest absolute Gasteiger partial charge is 0.328 e. The number of aromatic nitrogens is 1. The molecule has 0 aliphatic carbocycles. The van der Waals surface area contributed by atoms with Gasteiger partial charge in [0.05, 0.1) is 0 Å². The summed E-state index contributed by atoms with van der Waals surface area (Å²) >= 11 is 0. The molecule has 0 radical (unpaired) electrons. The molecule has 0 bridgehead atoms. The van der Waals surface area contributed by atoms with Crippen LogP contribution in [0.4, 0.5) is 5.69 Å². The van der Waals surface area contributed by atoms with Crippen molar-refractivity contribution in [1.82, 2.24) is 4.98 Å². The van der Waals surface area contributed by atoms with E-state index in [1.807, 2.05) is 0 Å². The summed E-state index contributed by atoms with van der Waals surface area (Å²) in [4.78, 5) is 14.2. The van der Waals surface area contributed by atoms with Crippen LogP contribution >= 0.6 is 0 Å². The standard InChI is InChI=1S/C14H12N2O4S/c17-14(18)7-6-11-8-13(10-15-9-11)21(19,20)16-12-4-2-1-3-5-12/h1-10,16H,(H,17,18). The molecule has 0 saturated heterocycles.